The van der Waals surface area contributed by atoms with Crippen LogP contribution in [0.25, 0.3) is 0 Å². The molecule has 0 fully saturated rings. The molecule has 0 spiro atoms. The second-order valence-electron chi connectivity index (χ2n) is 1.08. The molecule has 0 heterocycles. The molecule has 0 radical (unpaired) electrons. The Bertz CT molecular complexity index is 95.4. The van der Waals surface area contributed by atoms with Crippen molar-refractivity contribution < 1.29 is 0 Å². The van der Waals surface area contributed by atoms with Crippen LogP contribution in [0.4, 0.5) is 0 Å². The van der Waals surface area contributed by atoms with E-state index in [1.807, 2.05) is 26.8 Å². The third-order valence-electron chi connectivity index (χ3n) is 0.609. The van der Waals surface area contributed by atoms with Gasteiger partial charge in [0.25, 0.3) is 0 Å². The van der Waals surface area contributed by atoms with Crippen LogP contribution >= 0.6 is 0 Å². The van der Waals surface area contributed by atoms with Gasteiger partial charge in [0.2, 0.25) is 0 Å². The number of nitrogens with zero attached hydrogens (tertiary/aromatic N) is 1. The predicted molar refractivity (Wildman–Crippen MR) is 36.4 cm³/mol. The molecular weight excluding hydrogens is 98.1 g/mol. The summed E-state index contributed by atoms with van der Waals surface area (Å²) in [6, 6.07) is 1.98. The van der Waals surface area contributed by atoms with Gasteiger partial charge in [-0.05, 0) is 13.8 Å². The molecule has 8 heavy (non-hydrogen) atoms. The highest BCUT2D eigenvalue weighted by Crippen LogP contribution is 1.83. The Hall–Kier alpha value is -0.770. The maximum atomic E-state index is 8.02. The summed E-state index contributed by atoms with van der Waals surface area (Å²) in [6.07, 6.45) is 1.78. The second kappa shape index (κ2) is 9.52. The van der Waals surface area contributed by atoms with E-state index < -0.39 is 0 Å². The molecule has 0 atom stereocenters. The number of allylic oxidation sites excluding steroid dienone is 2. The van der Waals surface area contributed by atoms with Crippen LogP contribution in [0.15, 0.2) is 11.6 Å². The molecule has 0 aliphatic carbocycles. The van der Waals surface area contributed by atoms with E-state index in [4.69, 9.17) is 5.26 Å². The second-order valence-corrected chi connectivity index (χ2v) is 1.08. The van der Waals surface area contributed by atoms with Gasteiger partial charge < -0.3 is 0 Å². The first-order valence-electron chi connectivity index (χ1n) is 2.84. The maximum absolute atomic E-state index is 8.02. The van der Waals surface area contributed by atoms with Gasteiger partial charge >= 0.3 is 0 Å². The summed E-state index contributed by atoms with van der Waals surface area (Å²) in [5.41, 5.74) is 0.773. The zero-order valence-electron chi connectivity index (χ0n) is 6.02. The molecule has 0 saturated carbocycles. The van der Waals surface area contributed by atoms with Crippen molar-refractivity contribution >= 4 is 0 Å². The van der Waals surface area contributed by atoms with E-state index in [2.05, 4.69) is 0 Å². The highest BCUT2D eigenvalue weighted by molar-refractivity contribution is 5.15. The molecule has 0 unspecified atom stereocenters. The van der Waals surface area contributed by atoms with E-state index in [9.17, 15) is 0 Å². The summed E-state index contributed by atoms with van der Waals surface area (Å²) >= 11 is 0. The molecule has 0 aromatic rings. The molecule has 0 bridgehead atoms. The standard InChI is InChI=1S/C5H7N.C2H6/c1-3-5(2)4-6;1-2/h3H,1-2H3;1-2H3/b5-3-;. The van der Waals surface area contributed by atoms with Crippen LogP contribution in [-0.4, -0.2) is 0 Å². The Labute approximate surface area is 51.6 Å². The Morgan fingerprint density at radius 2 is 1.88 bits per heavy atom. The molecule has 46 valence electrons. The highest BCUT2D eigenvalue weighted by atomic mass is 14.2. The van der Waals surface area contributed by atoms with Crippen molar-refractivity contribution in [3.05, 3.63) is 11.6 Å². The Kier molecular flexibility index (Phi) is 12.2. The van der Waals surface area contributed by atoms with Crippen molar-refractivity contribution in [3.8, 4) is 6.07 Å². The van der Waals surface area contributed by atoms with Gasteiger partial charge in [-0.2, -0.15) is 5.26 Å². The van der Waals surface area contributed by atoms with E-state index in [-0.39, 0.29) is 0 Å². The van der Waals surface area contributed by atoms with Crippen LogP contribution < -0.4 is 0 Å². The topological polar surface area (TPSA) is 23.8 Å². The van der Waals surface area contributed by atoms with Crippen molar-refractivity contribution in [2.24, 2.45) is 0 Å². The minimum atomic E-state index is 0.773. The monoisotopic (exact) mass is 111 g/mol. The lowest BCUT2D eigenvalue weighted by Crippen LogP contribution is -1.58. The fourth-order valence-corrected chi connectivity index (χ4v) is 0.0645. The molecule has 0 aromatic heterocycles. The van der Waals surface area contributed by atoms with Gasteiger partial charge in [-0.25, -0.2) is 0 Å². The summed E-state index contributed by atoms with van der Waals surface area (Å²) < 4.78 is 0. The van der Waals surface area contributed by atoms with Gasteiger partial charge in [0.15, 0.2) is 0 Å². The SMILES string of the molecule is C/C=C(/C)C#N.CC. The molecule has 0 aromatic carbocycles. The lowest BCUT2D eigenvalue weighted by molar-refractivity contribution is 1.42. The van der Waals surface area contributed by atoms with E-state index in [0.29, 0.717) is 0 Å². The van der Waals surface area contributed by atoms with Crippen molar-refractivity contribution in [3.63, 3.8) is 0 Å². The normalized spacial score (nSPS) is 8.62. The Morgan fingerprint density at radius 3 is 1.88 bits per heavy atom. The summed E-state index contributed by atoms with van der Waals surface area (Å²) in [5, 5.41) is 8.02. The lowest BCUT2D eigenvalue weighted by atomic mass is 10.3. The van der Waals surface area contributed by atoms with Crippen LogP contribution in [0.3, 0.4) is 0 Å². The van der Waals surface area contributed by atoms with Gasteiger partial charge in [-0.15, -0.1) is 0 Å². The third kappa shape index (κ3) is 8.97. The molecule has 0 aliphatic heterocycles. The van der Waals surface area contributed by atoms with Crippen molar-refractivity contribution in [1.82, 2.24) is 0 Å². The quantitative estimate of drug-likeness (QED) is 0.440. The van der Waals surface area contributed by atoms with Crippen molar-refractivity contribution in [2.45, 2.75) is 27.7 Å². The average molecular weight is 111 g/mol. The maximum Gasteiger partial charge on any atom is 0.0940 e. The summed E-state index contributed by atoms with van der Waals surface area (Å²) in [6.45, 7) is 7.62. The predicted octanol–water partition coefficient (Wildman–Crippen LogP) is 2.50. The van der Waals surface area contributed by atoms with Gasteiger partial charge in [0.05, 0.1) is 6.07 Å². The van der Waals surface area contributed by atoms with Crippen molar-refractivity contribution in [2.75, 3.05) is 0 Å². The zero-order chi connectivity index (χ0) is 6.99. The molecular formula is C7H13N. The Morgan fingerprint density at radius 1 is 1.50 bits per heavy atom. The molecule has 0 amide bonds. The molecule has 0 aliphatic rings. The lowest BCUT2D eigenvalue weighted by Gasteiger charge is -1.70. The molecule has 1 heteroatoms. The summed E-state index contributed by atoms with van der Waals surface area (Å²) in [4.78, 5) is 0. The highest BCUT2D eigenvalue weighted by Gasteiger charge is 1.71. The van der Waals surface area contributed by atoms with Crippen molar-refractivity contribution in [1.29, 1.82) is 5.26 Å². The first kappa shape index (κ1) is 10.3. The van der Waals surface area contributed by atoms with Crippen LogP contribution in [0, 0.1) is 11.3 Å². The van der Waals surface area contributed by atoms with E-state index in [0.717, 1.165) is 5.57 Å². The fourth-order valence-electron chi connectivity index (χ4n) is 0.0645. The zero-order valence-corrected chi connectivity index (χ0v) is 6.02. The van der Waals surface area contributed by atoms with Gasteiger partial charge in [-0.3, -0.25) is 0 Å². The smallest absolute Gasteiger partial charge is 0.0940 e. The Balaban J connectivity index is 0. The number of nitriles is 1. The molecule has 0 rings (SSSR count). The van der Waals surface area contributed by atoms with Gasteiger partial charge in [-0.1, -0.05) is 19.9 Å². The van der Waals surface area contributed by atoms with Crippen LogP contribution in [0.2, 0.25) is 0 Å². The first-order valence-corrected chi connectivity index (χ1v) is 2.84. The van der Waals surface area contributed by atoms with Crippen LogP contribution in [0.1, 0.15) is 27.7 Å². The molecule has 0 saturated heterocycles. The number of hydrogen-bond donors (Lipinski definition) is 0. The van der Waals surface area contributed by atoms with Crippen LogP contribution in [0.5, 0.6) is 0 Å². The average Bonchev–Trinajstić information content (AvgIpc) is 1.91. The third-order valence-corrected chi connectivity index (χ3v) is 0.609. The minimum absolute atomic E-state index is 0.773. The number of hydrogen-bond acceptors (Lipinski definition) is 1. The number of rotatable bonds is 0. The van der Waals surface area contributed by atoms with Gasteiger partial charge in [0.1, 0.15) is 0 Å². The van der Waals surface area contributed by atoms with E-state index in [1.54, 1.807) is 13.0 Å². The summed E-state index contributed by atoms with van der Waals surface area (Å²) in [5.74, 6) is 0. The molecule has 0 N–H and O–H groups in total. The fraction of sp³-hybridized carbons (Fsp3) is 0.571. The van der Waals surface area contributed by atoms with E-state index >= 15 is 0 Å². The minimum Gasteiger partial charge on any atom is -0.193 e. The summed E-state index contributed by atoms with van der Waals surface area (Å²) in [7, 11) is 0. The first-order chi connectivity index (χ1) is 3.81. The van der Waals surface area contributed by atoms with Gasteiger partial charge in [0, 0.05) is 5.57 Å². The molecule has 1 nitrogen and oxygen atoms in total. The van der Waals surface area contributed by atoms with Crippen LogP contribution in [-0.2, 0) is 0 Å². The largest absolute Gasteiger partial charge is 0.193 e. The van der Waals surface area contributed by atoms with E-state index in [1.165, 1.54) is 0 Å².